The van der Waals surface area contributed by atoms with Gasteiger partial charge >= 0.3 is 0 Å². The molecule has 1 amide bonds. The lowest BCUT2D eigenvalue weighted by molar-refractivity contribution is -0.136. The van der Waals surface area contributed by atoms with Crippen LogP contribution in [0.15, 0.2) is 40.7 Å². The quantitative estimate of drug-likeness (QED) is 0.756. The smallest absolute Gasteiger partial charge is 0.258 e. The van der Waals surface area contributed by atoms with Crippen molar-refractivity contribution in [3.8, 4) is 0 Å². The van der Waals surface area contributed by atoms with Crippen LogP contribution in [-0.2, 0) is 11.2 Å². The van der Waals surface area contributed by atoms with Crippen molar-refractivity contribution in [1.82, 2.24) is 19.8 Å². The average Bonchev–Trinajstić information content (AvgIpc) is 2.82. The molecule has 4 aliphatic rings. The summed E-state index contributed by atoms with van der Waals surface area (Å²) in [6.07, 6.45) is 10.9. The molecule has 3 fully saturated rings. The van der Waals surface area contributed by atoms with Crippen LogP contribution in [0.2, 0.25) is 0 Å². The highest BCUT2D eigenvalue weighted by Crippen LogP contribution is 2.45. The number of aromatic amines is 1. The Balaban J connectivity index is 1.20. The van der Waals surface area contributed by atoms with Gasteiger partial charge in [-0.2, -0.15) is 0 Å². The molecule has 0 radical (unpaired) electrons. The second-order valence-corrected chi connectivity index (χ2v) is 10.1. The van der Waals surface area contributed by atoms with Crippen LogP contribution in [0, 0.1) is 11.8 Å². The highest BCUT2D eigenvalue weighted by atomic mass is 16.2. The molecule has 1 aliphatic carbocycles. The van der Waals surface area contributed by atoms with E-state index in [-0.39, 0.29) is 17.5 Å². The maximum Gasteiger partial charge on any atom is 0.258 e. The van der Waals surface area contributed by atoms with Gasteiger partial charge in [-0.25, -0.2) is 4.98 Å². The zero-order valence-electron chi connectivity index (χ0n) is 18.6. The molecule has 6 heteroatoms. The number of nitrogens with one attached hydrogen (secondary N) is 1. The molecule has 2 bridgehead atoms. The number of rotatable bonds is 3. The molecule has 0 unspecified atom stereocenters. The number of likely N-dealkylation sites (tertiary alicyclic amines) is 1. The molecule has 4 heterocycles. The maximum atomic E-state index is 13.4. The minimum absolute atomic E-state index is 0.127. The van der Waals surface area contributed by atoms with E-state index in [2.05, 4.69) is 25.8 Å². The molecule has 6 rings (SSSR count). The van der Waals surface area contributed by atoms with Gasteiger partial charge in [0, 0.05) is 32.0 Å². The van der Waals surface area contributed by atoms with Crippen LogP contribution in [0.4, 0.5) is 0 Å². The second kappa shape index (κ2) is 8.14. The second-order valence-electron chi connectivity index (χ2n) is 10.1. The highest BCUT2D eigenvalue weighted by Gasteiger charge is 2.46. The molecule has 0 spiro atoms. The fourth-order valence-corrected chi connectivity index (χ4v) is 6.88. The van der Waals surface area contributed by atoms with E-state index in [1.54, 1.807) is 6.07 Å². The van der Waals surface area contributed by atoms with Gasteiger partial charge in [0.05, 0.1) is 16.9 Å². The number of aryl methyl sites for hydroxylation is 1. The van der Waals surface area contributed by atoms with E-state index in [0.717, 1.165) is 32.0 Å². The van der Waals surface area contributed by atoms with Crippen LogP contribution in [0.3, 0.4) is 0 Å². The average molecular weight is 433 g/mol. The lowest BCUT2D eigenvalue weighted by atomic mass is 9.68. The highest BCUT2D eigenvalue weighted by molar-refractivity contribution is 5.78. The first-order valence-electron chi connectivity index (χ1n) is 12.4. The van der Waals surface area contributed by atoms with Crippen LogP contribution >= 0.6 is 0 Å². The van der Waals surface area contributed by atoms with E-state index in [9.17, 15) is 9.59 Å². The number of H-pyrrole nitrogens is 1. The molecule has 3 saturated heterocycles. The first kappa shape index (κ1) is 20.2. The molecule has 2 aromatic rings. The Morgan fingerprint density at radius 2 is 2.06 bits per heavy atom. The number of nitrogens with zero attached hydrogens (tertiary/aromatic N) is 3. The van der Waals surface area contributed by atoms with Crippen molar-refractivity contribution in [3.63, 3.8) is 0 Å². The van der Waals surface area contributed by atoms with Crippen LogP contribution in [-0.4, -0.2) is 57.4 Å². The number of fused-ring (bicyclic) bond motifs is 7. The van der Waals surface area contributed by atoms with Crippen LogP contribution in [0.1, 0.15) is 50.8 Å². The molecule has 3 aliphatic heterocycles. The lowest BCUT2D eigenvalue weighted by Gasteiger charge is -2.54. The number of para-hydroxylation sites is 1. The van der Waals surface area contributed by atoms with E-state index in [1.807, 2.05) is 18.2 Å². The third kappa shape index (κ3) is 3.49. The summed E-state index contributed by atoms with van der Waals surface area (Å²) in [6, 6.07) is 8.38. The van der Waals surface area contributed by atoms with Gasteiger partial charge < -0.3 is 9.88 Å². The third-order valence-corrected chi connectivity index (χ3v) is 8.22. The summed E-state index contributed by atoms with van der Waals surface area (Å²) in [5, 5.41) is 0.596. The standard InChI is InChI=1S/C26H32N4O2/c31-24(11-10-23-27-21-8-2-1-7-20(21)26(32)28-23)30-13-5-6-17-14-18-15-19(25(17)30)16-29-12-4-3-9-22(18)29/h1-2,7-8,14,18-19,22,25H,3-6,9-13,15-16H2,(H,27,28,32)/t18-,19+,22-,25+/m0/s1. The molecule has 1 aromatic carbocycles. The fourth-order valence-electron chi connectivity index (χ4n) is 6.88. The predicted octanol–water partition coefficient (Wildman–Crippen LogP) is 3.28. The summed E-state index contributed by atoms with van der Waals surface area (Å²) in [5.74, 6) is 2.06. The molecule has 4 atom stereocenters. The molecular weight excluding hydrogens is 400 g/mol. The summed E-state index contributed by atoms with van der Waals surface area (Å²) in [5.41, 5.74) is 2.09. The molecule has 168 valence electrons. The summed E-state index contributed by atoms with van der Waals surface area (Å²) >= 11 is 0. The third-order valence-electron chi connectivity index (χ3n) is 8.22. The van der Waals surface area contributed by atoms with Crippen molar-refractivity contribution >= 4 is 16.8 Å². The monoisotopic (exact) mass is 432 g/mol. The SMILES string of the molecule is O=C(CCc1nc2ccccc2c(=O)[nH]1)N1CCCC2=C[C@H]3C[C@H](CN4CCCC[C@@H]34)[C@@H]21. The van der Waals surface area contributed by atoms with Gasteiger partial charge in [-0.3, -0.25) is 14.5 Å². The zero-order valence-corrected chi connectivity index (χ0v) is 18.6. The number of amides is 1. The zero-order chi connectivity index (χ0) is 21.7. The van der Waals surface area contributed by atoms with E-state index in [0.29, 0.717) is 41.4 Å². The minimum Gasteiger partial charge on any atom is -0.336 e. The van der Waals surface area contributed by atoms with Gasteiger partial charge in [-0.15, -0.1) is 0 Å². The first-order valence-corrected chi connectivity index (χ1v) is 12.4. The molecular formula is C26H32N4O2. The summed E-state index contributed by atoms with van der Waals surface area (Å²) in [7, 11) is 0. The number of hydrogen-bond donors (Lipinski definition) is 1. The van der Waals surface area contributed by atoms with Gasteiger partial charge in [0.1, 0.15) is 5.82 Å². The summed E-state index contributed by atoms with van der Waals surface area (Å²) in [4.78, 5) is 38.1. The molecule has 32 heavy (non-hydrogen) atoms. The van der Waals surface area contributed by atoms with Crippen molar-refractivity contribution in [2.45, 2.75) is 63.5 Å². The Kier molecular flexibility index (Phi) is 5.13. The Morgan fingerprint density at radius 1 is 1.16 bits per heavy atom. The van der Waals surface area contributed by atoms with Gasteiger partial charge in [0.15, 0.2) is 0 Å². The number of aromatic nitrogens is 2. The van der Waals surface area contributed by atoms with Gasteiger partial charge in [0.25, 0.3) is 5.56 Å². The van der Waals surface area contributed by atoms with Crippen molar-refractivity contribution < 1.29 is 4.79 Å². The topological polar surface area (TPSA) is 69.3 Å². The number of carbonyl (C=O) groups excluding carboxylic acids is 1. The van der Waals surface area contributed by atoms with E-state index in [4.69, 9.17) is 0 Å². The number of carbonyl (C=O) groups is 1. The van der Waals surface area contributed by atoms with E-state index >= 15 is 0 Å². The van der Waals surface area contributed by atoms with Gasteiger partial charge in [0.2, 0.25) is 5.91 Å². The molecule has 6 nitrogen and oxygen atoms in total. The van der Waals surface area contributed by atoms with Gasteiger partial charge in [-0.1, -0.05) is 30.2 Å². The van der Waals surface area contributed by atoms with Gasteiger partial charge in [-0.05, 0) is 62.6 Å². The van der Waals surface area contributed by atoms with Crippen molar-refractivity contribution in [2.24, 2.45) is 11.8 Å². The fraction of sp³-hybridized carbons (Fsp3) is 0.577. The predicted molar refractivity (Wildman–Crippen MR) is 124 cm³/mol. The molecule has 0 saturated carbocycles. The normalized spacial score (nSPS) is 29.9. The number of hydrogen-bond acceptors (Lipinski definition) is 4. The molecule has 1 aromatic heterocycles. The Hall–Kier alpha value is -2.47. The van der Waals surface area contributed by atoms with Crippen LogP contribution < -0.4 is 5.56 Å². The van der Waals surface area contributed by atoms with Crippen molar-refractivity contribution in [3.05, 3.63) is 52.1 Å². The minimum atomic E-state index is -0.127. The van der Waals surface area contributed by atoms with Crippen LogP contribution in [0.25, 0.3) is 10.9 Å². The summed E-state index contributed by atoms with van der Waals surface area (Å²) < 4.78 is 0. The van der Waals surface area contributed by atoms with Crippen LogP contribution in [0.5, 0.6) is 0 Å². The van der Waals surface area contributed by atoms with Crippen molar-refractivity contribution in [1.29, 1.82) is 0 Å². The summed E-state index contributed by atoms with van der Waals surface area (Å²) in [6.45, 7) is 3.22. The van der Waals surface area contributed by atoms with Crippen molar-refractivity contribution in [2.75, 3.05) is 19.6 Å². The Labute approximate surface area is 188 Å². The number of benzene rings is 1. The maximum absolute atomic E-state index is 13.4. The first-order chi connectivity index (χ1) is 15.7. The number of piperidine rings is 3. The molecule has 1 N–H and O–H groups in total. The Morgan fingerprint density at radius 3 is 3.00 bits per heavy atom. The Bertz CT molecular complexity index is 1120. The largest absolute Gasteiger partial charge is 0.336 e. The van der Waals surface area contributed by atoms with E-state index in [1.165, 1.54) is 37.8 Å². The lowest BCUT2D eigenvalue weighted by Crippen LogP contribution is -2.60. The van der Waals surface area contributed by atoms with E-state index < -0.39 is 0 Å².